The first kappa shape index (κ1) is 16.3. The van der Waals surface area contributed by atoms with Crippen molar-refractivity contribution in [2.24, 2.45) is 7.05 Å². The summed E-state index contributed by atoms with van der Waals surface area (Å²) >= 11 is 0. The predicted molar refractivity (Wildman–Crippen MR) is 82.7 cm³/mol. The largest absolute Gasteiger partial charge is 0.481 e. The van der Waals surface area contributed by atoms with Crippen LogP contribution in [0.25, 0.3) is 0 Å². The summed E-state index contributed by atoms with van der Waals surface area (Å²) in [5.74, 6) is 0.837. The minimum atomic E-state index is 0.118. The van der Waals surface area contributed by atoms with Gasteiger partial charge in [0.25, 0.3) is 0 Å². The van der Waals surface area contributed by atoms with E-state index in [1.54, 1.807) is 11.8 Å². The van der Waals surface area contributed by atoms with E-state index < -0.39 is 0 Å². The van der Waals surface area contributed by atoms with Gasteiger partial charge in [-0.3, -0.25) is 4.90 Å². The highest BCUT2D eigenvalue weighted by Gasteiger charge is 2.28. The highest BCUT2D eigenvalue weighted by molar-refractivity contribution is 5.30. The summed E-state index contributed by atoms with van der Waals surface area (Å²) in [5, 5.41) is 7.96. The second-order valence-corrected chi connectivity index (χ2v) is 6.21. The Hall–Kier alpha value is -1.11. The van der Waals surface area contributed by atoms with Crippen molar-refractivity contribution in [2.45, 2.75) is 32.9 Å². The maximum atomic E-state index is 5.43. The van der Waals surface area contributed by atoms with E-state index in [9.17, 15) is 0 Å². The van der Waals surface area contributed by atoms with Crippen molar-refractivity contribution in [2.75, 3.05) is 40.0 Å². The van der Waals surface area contributed by atoms with Gasteiger partial charge in [-0.1, -0.05) is 0 Å². The lowest BCUT2D eigenvalue weighted by Crippen LogP contribution is -2.54. The molecule has 1 aliphatic rings. The average Bonchev–Trinajstić information content (AvgIpc) is 2.73. The molecule has 0 radical (unpaired) electrons. The van der Waals surface area contributed by atoms with E-state index >= 15 is 0 Å². The van der Waals surface area contributed by atoms with Crippen LogP contribution in [0.15, 0.2) is 0 Å². The molecule has 1 fully saturated rings. The van der Waals surface area contributed by atoms with Crippen LogP contribution in [-0.2, 0) is 18.3 Å². The molecule has 0 aliphatic carbocycles. The van der Waals surface area contributed by atoms with Crippen LogP contribution in [0.2, 0.25) is 0 Å². The third-order valence-electron chi connectivity index (χ3n) is 4.21. The van der Waals surface area contributed by atoms with Gasteiger partial charge in [0.2, 0.25) is 5.88 Å². The standard InChI is InChI=1S/C15H28N4O2/c1-12-13(14(20-5)18(4)17-12)10-16-11-15(2,3)19-6-8-21-9-7-19/h16H,6-11H2,1-5H3. The summed E-state index contributed by atoms with van der Waals surface area (Å²) in [6.07, 6.45) is 0. The smallest absolute Gasteiger partial charge is 0.216 e. The second-order valence-electron chi connectivity index (χ2n) is 6.21. The van der Waals surface area contributed by atoms with Gasteiger partial charge in [-0.2, -0.15) is 5.10 Å². The summed E-state index contributed by atoms with van der Waals surface area (Å²) < 4.78 is 12.6. The number of hydrogen-bond acceptors (Lipinski definition) is 5. The molecule has 21 heavy (non-hydrogen) atoms. The Morgan fingerprint density at radius 2 is 2.00 bits per heavy atom. The predicted octanol–water partition coefficient (Wildman–Crippen LogP) is 0.938. The molecule has 0 unspecified atom stereocenters. The third kappa shape index (κ3) is 3.75. The number of ether oxygens (including phenoxy) is 2. The van der Waals surface area contributed by atoms with Crippen LogP contribution >= 0.6 is 0 Å². The van der Waals surface area contributed by atoms with Crippen LogP contribution in [0, 0.1) is 6.92 Å². The molecule has 1 aromatic heterocycles. The molecule has 120 valence electrons. The van der Waals surface area contributed by atoms with Gasteiger partial charge in [-0.25, -0.2) is 4.68 Å². The molecule has 0 aromatic carbocycles. The Morgan fingerprint density at radius 1 is 1.33 bits per heavy atom. The van der Waals surface area contributed by atoms with Gasteiger partial charge >= 0.3 is 0 Å². The minimum Gasteiger partial charge on any atom is -0.481 e. The first-order valence-corrected chi connectivity index (χ1v) is 7.55. The molecule has 0 bridgehead atoms. The third-order valence-corrected chi connectivity index (χ3v) is 4.21. The van der Waals surface area contributed by atoms with Crippen molar-refractivity contribution < 1.29 is 9.47 Å². The molecule has 1 aromatic rings. The van der Waals surface area contributed by atoms with E-state index in [0.29, 0.717) is 0 Å². The number of nitrogens with zero attached hydrogens (tertiary/aromatic N) is 3. The van der Waals surface area contributed by atoms with Crippen molar-refractivity contribution in [3.63, 3.8) is 0 Å². The Morgan fingerprint density at radius 3 is 2.62 bits per heavy atom. The van der Waals surface area contributed by atoms with Crippen molar-refractivity contribution in [1.29, 1.82) is 0 Å². The maximum absolute atomic E-state index is 5.43. The minimum absolute atomic E-state index is 0.118. The summed E-state index contributed by atoms with van der Waals surface area (Å²) in [6.45, 7) is 11.9. The van der Waals surface area contributed by atoms with Gasteiger partial charge in [-0.05, 0) is 20.8 Å². The normalized spacial score (nSPS) is 17.2. The summed E-state index contributed by atoms with van der Waals surface area (Å²) in [7, 11) is 3.60. The SMILES string of the molecule is COc1c(CNCC(C)(C)N2CCOCC2)c(C)nn1C. The zero-order valence-corrected chi connectivity index (χ0v) is 13.9. The topological polar surface area (TPSA) is 51.6 Å². The van der Waals surface area contributed by atoms with Gasteiger partial charge in [0.1, 0.15) is 0 Å². The van der Waals surface area contributed by atoms with Crippen molar-refractivity contribution in [3.8, 4) is 5.88 Å². The van der Waals surface area contributed by atoms with Crippen LogP contribution in [0.3, 0.4) is 0 Å². The van der Waals surface area contributed by atoms with Crippen LogP contribution < -0.4 is 10.1 Å². The zero-order valence-electron chi connectivity index (χ0n) is 13.9. The zero-order chi connectivity index (χ0) is 15.5. The van der Waals surface area contributed by atoms with Crippen LogP contribution in [0.1, 0.15) is 25.1 Å². The number of methoxy groups -OCH3 is 1. The number of rotatable bonds is 6. The molecule has 1 saturated heterocycles. The van der Waals surface area contributed by atoms with E-state index in [0.717, 1.165) is 56.5 Å². The van der Waals surface area contributed by atoms with Gasteiger partial charge in [0, 0.05) is 38.8 Å². The van der Waals surface area contributed by atoms with E-state index in [2.05, 4.69) is 29.2 Å². The molecule has 2 rings (SSSR count). The molecular formula is C15H28N4O2. The van der Waals surface area contributed by atoms with Gasteiger partial charge in [-0.15, -0.1) is 0 Å². The molecule has 1 N–H and O–H groups in total. The lowest BCUT2D eigenvalue weighted by atomic mass is 10.0. The second kappa shape index (κ2) is 6.77. The summed E-state index contributed by atoms with van der Waals surface area (Å²) in [5.41, 5.74) is 2.27. The number of nitrogens with one attached hydrogen (secondary N) is 1. The monoisotopic (exact) mass is 296 g/mol. The molecule has 1 aliphatic heterocycles. The number of aromatic nitrogens is 2. The van der Waals surface area contributed by atoms with Crippen molar-refractivity contribution in [1.82, 2.24) is 20.0 Å². The molecule has 0 saturated carbocycles. The Kier molecular flexibility index (Phi) is 5.24. The molecule has 6 nitrogen and oxygen atoms in total. The molecule has 0 atom stereocenters. The fourth-order valence-corrected chi connectivity index (χ4v) is 2.91. The summed E-state index contributed by atoms with van der Waals surface area (Å²) in [4.78, 5) is 2.48. The van der Waals surface area contributed by atoms with Gasteiger partial charge < -0.3 is 14.8 Å². The highest BCUT2D eigenvalue weighted by atomic mass is 16.5. The van der Waals surface area contributed by atoms with E-state index in [-0.39, 0.29) is 5.54 Å². The molecular weight excluding hydrogens is 268 g/mol. The number of aryl methyl sites for hydroxylation is 2. The van der Waals surface area contributed by atoms with Crippen LogP contribution in [-0.4, -0.2) is 60.2 Å². The van der Waals surface area contributed by atoms with Crippen molar-refractivity contribution >= 4 is 0 Å². The van der Waals surface area contributed by atoms with Gasteiger partial charge in [0.05, 0.1) is 31.6 Å². The van der Waals surface area contributed by atoms with E-state index in [4.69, 9.17) is 9.47 Å². The Bertz CT molecular complexity index is 464. The fourth-order valence-electron chi connectivity index (χ4n) is 2.91. The quantitative estimate of drug-likeness (QED) is 0.846. The first-order chi connectivity index (χ1) is 9.95. The van der Waals surface area contributed by atoms with Gasteiger partial charge in [0.15, 0.2) is 0 Å². The molecule has 6 heteroatoms. The summed E-state index contributed by atoms with van der Waals surface area (Å²) in [6, 6.07) is 0. The van der Waals surface area contributed by atoms with Crippen LogP contribution in [0.4, 0.5) is 0 Å². The highest BCUT2D eigenvalue weighted by Crippen LogP contribution is 2.21. The molecule has 0 amide bonds. The van der Waals surface area contributed by atoms with Crippen molar-refractivity contribution in [3.05, 3.63) is 11.3 Å². The van der Waals surface area contributed by atoms with Crippen LogP contribution in [0.5, 0.6) is 5.88 Å². The maximum Gasteiger partial charge on any atom is 0.216 e. The lowest BCUT2D eigenvalue weighted by molar-refractivity contribution is -0.00968. The van der Waals surface area contributed by atoms with E-state index in [1.807, 2.05) is 14.0 Å². The lowest BCUT2D eigenvalue weighted by Gasteiger charge is -2.41. The molecule has 0 spiro atoms. The first-order valence-electron chi connectivity index (χ1n) is 7.55. The number of hydrogen-bond donors (Lipinski definition) is 1. The molecule has 2 heterocycles. The Balaban J connectivity index is 1.91. The Labute approximate surface area is 127 Å². The van der Waals surface area contributed by atoms with E-state index in [1.165, 1.54) is 0 Å². The fraction of sp³-hybridized carbons (Fsp3) is 0.800. The number of morpholine rings is 1. The average molecular weight is 296 g/mol.